The molecule has 1 fully saturated rings. The molecule has 0 atom stereocenters. The van der Waals surface area contributed by atoms with Crippen molar-refractivity contribution in [3.8, 4) is 0 Å². The fourth-order valence-corrected chi connectivity index (χ4v) is 2.83. The number of amides is 1. The van der Waals surface area contributed by atoms with Crippen LogP contribution in [0.4, 0.5) is 0 Å². The summed E-state index contributed by atoms with van der Waals surface area (Å²) in [5, 5.41) is 0.790. The molecule has 2 nitrogen and oxygen atoms in total. The van der Waals surface area contributed by atoms with E-state index in [4.69, 9.17) is 34.8 Å². The van der Waals surface area contributed by atoms with Gasteiger partial charge in [0.25, 0.3) is 5.91 Å². The van der Waals surface area contributed by atoms with Crippen molar-refractivity contribution in [1.82, 2.24) is 4.90 Å². The summed E-state index contributed by atoms with van der Waals surface area (Å²) in [6.07, 6.45) is 3.22. The summed E-state index contributed by atoms with van der Waals surface area (Å²) in [4.78, 5) is 14.3. The van der Waals surface area contributed by atoms with Crippen molar-refractivity contribution >= 4 is 40.7 Å². The summed E-state index contributed by atoms with van der Waals surface area (Å²) < 4.78 is 0. The number of hydrogen-bond donors (Lipinski definition) is 0. The second-order valence-corrected chi connectivity index (χ2v) is 5.56. The Labute approximate surface area is 122 Å². The Hall–Kier alpha value is -0.440. The molecule has 1 aliphatic carbocycles. The molecule has 1 aliphatic rings. The minimum Gasteiger partial charge on any atom is -0.334 e. The molecule has 0 spiro atoms. The van der Waals surface area contributed by atoms with E-state index in [2.05, 4.69) is 0 Å². The first kappa shape index (κ1) is 14.0. The van der Waals surface area contributed by atoms with Crippen molar-refractivity contribution in [2.45, 2.75) is 25.3 Å². The molecule has 0 heterocycles. The largest absolute Gasteiger partial charge is 0.334 e. The number of benzene rings is 1. The van der Waals surface area contributed by atoms with E-state index in [1.807, 2.05) is 0 Å². The first-order valence-corrected chi connectivity index (χ1v) is 7.25. The van der Waals surface area contributed by atoms with Crippen LogP contribution in [0.1, 0.15) is 29.6 Å². The minimum atomic E-state index is -0.115. The van der Waals surface area contributed by atoms with Gasteiger partial charge >= 0.3 is 0 Å². The van der Waals surface area contributed by atoms with E-state index < -0.39 is 0 Å². The van der Waals surface area contributed by atoms with E-state index >= 15 is 0 Å². The fraction of sp³-hybridized carbons (Fsp3) is 0.462. The SMILES string of the molecule is O=C(c1c(Cl)cccc1Cl)N(CCCl)C1CCC1. The Bertz CT molecular complexity index is 426. The third-order valence-corrected chi connectivity index (χ3v) is 4.08. The van der Waals surface area contributed by atoms with Gasteiger partial charge in [0.05, 0.1) is 15.6 Å². The number of nitrogens with zero attached hydrogens (tertiary/aromatic N) is 1. The molecule has 0 aromatic heterocycles. The van der Waals surface area contributed by atoms with Crippen LogP contribution in [0.15, 0.2) is 18.2 Å². The van der Waals surface area contributed by atoms with E-state index in [-0.39, 0.29) is 11.9 Å². The molecule has 0 saturated heterocycles. The van der Waals surface area contributed by atoms with Crippen molar-refractivity contribution in [2.75, 3.05) is 12.4 Å². The zero-order chi connectivity index (χ0) is 13.1. The molecule has 0 bridgehead atoms. The number of carbonyl (C=O) groups excluding carboxylic acids is 1. The summed E-state index contributed by atoms with van der Waals surface area (Å²) in [7, 11) is 0. The van der Waals surface area contributed by atoms with Crippen LogP contribution in [0.2, 0.25) is 10.0 Å². The van der Waals surface area contributed by atoms with E-state index in [9.17, 15) is 4.79 Å². The Morgan fingerprint density at radius 2 is 1.89 bits per heavy atom. The van der Waals surface area contributed by atoms with Crippen LogP contribution in [0, 0.1) is 0 Å². The number of rotatable bonds is 4. The maximum Gasteiger partial charge on any atom is 0.257 e. The lowest BCUT2D eigenvalue weighted by atomic mass is 9.91. The smallest absolute Gasteiger partial charge is 0.257 e. The summed E-state index contributed by atoms with van der Waals surface area (Å²) in [5.41, 5.74) is 0.387. The van der Waals surface area contributed by atoms with Crippen molar-refractivity contribution in [2.24, 2.45) is 0 Å². The second-order valence-electron chi connectivity index (χ2n) is 4.37. The highest BCUT2D eigenvalue weighted by Gasteiger charge is 2.30. The van der Waals surface area contributed by atoms with Gasteiger partial charge in [0.15, 0.2) is 0 Å². The standard InChI is InChI=1S/C13H14Cl3NO/c14-7-8-17(9-3-1-4-9)13(18)12-10(15)5-2-6-11(12)16/h2,5-6,9H,1,3-4,7-8H2. The summed E-state index contributed by atoms with van der Waals surface area (Å²) in [6.45, 7) is 0.534. The molecule has 0 radical (unpaired) electrons. The number of hydrogen-bond acceptors (Lipinski definition) is 1. The van der Waals surface area contributed by atoms with Gasteiger partial charge in [-0.05, 0) is 31.4 Å². The van der Waals surface area contributed by atoms with E-state index in [1.165, 1.54) is 0 Å². The molecule has 0 aliphatic heterocycles. The Morgan fingerprint density at radius 1 is 1.28 bits per heavy atom. The van der Waals surface area contributed by atoms with Gasteiger partial charge in [-0.15, -0.1) is 11.6 Å². The Kier molecular flexibility index (Phi) is 4.77. The monoisotopic (exact) mass is 305 g/mol. The second kappa shape index (κ2) is 6.14. The highest BCUT2D eigenvalue weighted by molar-refractivity contribution is 6.39. The first-order valence-electron chi connectivity index (χ1n) is 5.96. The van der Waals surface area contributed by atoms with Crippen LogP contribution in [0.3, 0.4) is 0 Å². The van der Waals surface area contributed by atoms with Crippen LogP contribution in [-0.2, 0) is 0 Å². The summed E-state index contributed by atoms with van der Waals surface area (Å²) >= 11 is 17.9. The predicted molar refractivity (Wildman–Crippen MR) is 75.9 cm³/mol. The highest BCUT2D eigenvalue weighted by atomic mass is 35.5. The molecule has 18 heavy (non-hydrogen) atoms. The van der Waals surface area contributed by atoms with E-state index in [0.717, 1.165) is 19.3 Å². The summed E-state index contributed by atoms with van der Waals surface area (Å²) in [6, 6.07) is 5.38. The van der Waals surface area contributed by atoms with Crippen LogP contribution in [-0.4, -0.2) is 29.3 Å². The zero-order valence-electron chi connectivity index (χ0n) is 9.83. The van der Waals surface area contributed by atoms with Crippen molar-refractivity contribution in [3.05, 3.63) is 33.8 Å². The molecule has 98 valence electrons. The molecule has 1 aromatic rings. The van der Waals surface area contributed by atoms with Gasteiger partial charge in [-0.2, -0.15) is 0 Å². The maximum absolute atomic E-state index is 12.5. The van der Waals surface area contributed by atoms with Crippen LogP contribution in [0.5, 0.6) is 0 Å². The van der Waals surface area contributed by atoms with Gasteiger partial charge in [-0.1, -0.05) is 29.3 Å². The van der Waals surface area contributed by atoms with Gasteiger partial charge < -0.3 is 4.90 Å². The minimum absolute atomic E-state index is 0.115. The molecule has 5 heteroatoms. The van der Waals surface area contributed by atoms with Crippen molar-refractivity contribution < 1.29 is 4.79 Å². The van der Waals surface area contributed by atoms with Crippen LogP contribution < -0.4 is 0 Å². The van der Waals surface area contributed by atoms with Crippen molar-refractivity contribution in [3.63, 3.8) is 0 Å². The van der Waals surface area contributed by atoms with E-state index in [0.29, 0.717) is 28.0 Å². The van der Waals surface area contributed by atoms with Gasteiger partial charge in [0, 0.05) is 18.5 Å². The van der Waals surface area contributed by atoms with Gasteiger partial charge in [0.1, 0.15) is 0 Å². The predicted octanol–water partition coefficient (Wildman–Crippen LogP) is 4.23. The quantitative estimate of drug-likeness (QED) is 0.762. The molecule has 0 N–H and O–H groups in total. The van der Waals surface area contributed by atoms with Crippen molar-refractivity contribution in [1.29, 1.82) is 0 Å². The van der Waals surface area contributed by atoms with Gasteiger partial charge in [-0.3, -0.25) is 4.79 Å². The molecular formula is C13H14Cl3NO. The molecule has 1 saturated carbocycles. The number of halogens is 3. The third-order valence-electron chi connectivity index (χ3n) is 3.28. The molecule has 0 unspecified atom stereocenters. The summed E-state index contributed by atoms with van der Waals surface area (Å²) in [5.74, 6) is 0.306. The fourth-order valence-electron chi connectivity index (χ4n) is 2.09. The lowest BCUT2D eigenvalue weighted by Crippen LogP contribution is -2.45. The Balaban J connectivity index is 2.27. The average molecular weight is 307 g/mol. The lowest BCUT2D eigenvalue weighted by Gasteiger charge is -2.37. The molecular weight excluding hydrogens is 293 g/mol. The first-order chi connectivity index (χ1) is 8.65. The third kappa shape index (κ3) is 2.76. The lowest BCUT2D eigenvalue weighted by molar-refractivity contribution is 0.0598. The number of alkyl halides is 1. The van der Waals surface area contributed by atoms with Gasteiger partial charge in [0.2, 0.25) is 0 Å². The van der Waals surface area contributed by atoms with Crippen LogP contribution in [0.25, 0.3) is 0 Å². The molecule has 1 amide bonds. The van der Waals surface area contributed by atoms with Gasteiger partial charge in [-0.25, -0.2) is 0 Å². The zero-order valence-corrected chi connectivity index (χ0v) is 12.1. The Morgan fingerprint density at radius 3 is 2.33 bits per heavy atom. The number of carbonyl (C=O) groups is 1. The normalized spacial score (nSPS) is 15.3. The van der Waals surface area contributed by atoms with Crippen LogP contribution >= 0.6 is 34.8 Å². The highest BCUT2D eigenvalue weighted by Crippen LogP contribution is 2.30. The maximum atomic E-state index is 12.5. The molecule has 1 aromatic carbocycles. The average Bonchev–Trinajstić information content (AvgIpc) is 2.25. The topological polar surface area (TPSA) is 20.3 Å². The van der Waals surface area contributed by atoms with E-state index in [1.54, 1.807) is 23.1 Å². The molecule has 2 rings (SSSR count).